The first-order valence-corrected chi connectivity index (χ1v) is 5.65. The molecule has 1 aromatic heterocycles. The van der Waals surface area contributed by atoms with Gasteiger partial charge in [-0.2, -0.15) is 4.98 Å². The number of aromatic nitrogens is 2. The molecule has 0 saturated carbocycles. The Balaban J connectivity index is 0.00000180. The van der Waals surface area contributed by atoms with Gasteiger partial charge < -0.3 is 15.6 Å². The molecule has 3 N–H and O–H groups in total. The van der Waals surface area contributed by atoms with Gasteiger partial charge in [0.2, 0.25) is 5.89 Å². The van der Waals surface area contributed by atoms with E-state index in [1.807, 2.05) is 30.3 Å². The van der Waals surface area contributed by atoms with Crippen molar-refractivity contribution in [3.63, 3.8) is 0 Å². The lowest BCUT2D eigenvalue weighted by Gasteiger charge is -2.04. The normalized spacial score (nSPS) is 10.9. The van der Waals surface area contributed by atoms with E-state index in [-0.39, 0.29) is 24.0 Å². The summed E-state index contributed by atoms with van der Waals surface area (Å²) in [5.41, 5.74) is 6.66. The highest BCUT2D eigenvalue weighted by Crippen LogP contribution is 2.04. The third kappa shape index (κ3) is 5.25. The molecule has 2 aromatic rings. The van der Waals surface area contributed by atoms with Gasteiger partial charge >= 0.3 is 0 Å². The van der Waals surface area contributed by atoms with Crippen molar-refractivity contribution >= 4 is 35.6 Å². The highest BCUT2D eigenvalue weighted by molar-refractivity contribution is 14.0. The first kappa shape index (κ1) is 15.4. The third-order valence-corrected chi connectivity index (χ3v) is 2.22. The van der Waals surface area contributed by atoms with E-state index in [4.69, 9.17) is 10.3 Å². The van der Waals surface area contributed by atoms with Crippen LogP contribution in [0.2, 0.25) is 0 Å². The molecule has 6 nitrogen and oxygen atoms in total. The zero-order valence-electron chi connectivity index (χ0n) is 10.5. The minimum absolute atomic E-state index is 0. The largest absolute Gasteiger partial charge is 0.370 e. The molecular formula is C12H16IN5O. The number of aliphatic imine (C=N–C) groups is 1. The van der Waals surface area contributed by atoms with Crippen LogP contribution in [0.25, 0.3) is 0 Å². The lowest BCUT2D eigenvalue weighted by molar-refractivity contribution is 0.376. The predicted molar refractivity (Wildman–Crippen MR) is 84.7 cm³/mol. The number of aryl methyl sites for hydroxylation is 1. The summed E-state index contributed by atoms with van der Waals surface area (Å²) in [6.45, 7) is 2.29. The minimum Gasteiger partial charge on any atom is -0.370 e. The molecule has 102 valence electrons. The number of rotatable bonds is 4. The van der Waals surface area contributed by atoms with E-state index in [9.17, 15) is 0 Å². The molecule has 0 bridgehead atoms. The standard InChI is InChI=1S/C12H15N5O.HI/c1-9-15-11(18-17-9)7-8-14-12(13)16-10-5-3-2-4-6-10;/h2-6H,7-8H2,1H3,(H3,13,14,16);1H. The topological polar surface area (TPSA) is 89.3 Å². The van der Waals surface area contributed by atoms with E-state index in [2.05, 4.69) is 20.4 Å². The Morgan fingerprint density at radius 1 is 1.37 bits per heavy atom. The second kappa shape index (κ2) is 7.72. The van der Waals surface area contributed by atoms with Crippen molar-refractivity contribution in [3.05, 3.63) is 42.0 Å². The van der Waals surface area contributed by atoms with Crippen LogP contribution >= 0.6 is 24.0 Å². The lowest BCUT2D eigenvalue weighted by Crippen LogP contribution is -2.23. The van der Waals surface area contributed by atoms with Crippen LogP contribution in [0, 0.1) is 6.92 Å². The smallest absolute Gasteiger partial charge is 0.228 e. The van der Waals surface area contributed by atoms with Crippen LogP contribution in [-0.4, -0.2) is 22.6 Å². The van der Waals surface area contributed by atoms with Crippen molar-refractivity contribution in [1.82, 2.24) is 10.1 Å². The number of guanidine groups is 1. The van der Waals surface area contributed by atoms with E-state index in [1.54, 1.807) is 6.92 Å². The Labute approximate surface area is 128 Å². The van der Waals surface area contributed by atoms with E-state index in [0.29, 0.717) is 30.6 Å². The van der Waals surface area contributed by atoms with Gasteiger partial charge in [0.25, 0.3) is 0 Å². The summed E-state index contributed by atoms with van der Waals surface area (Å²) < 4.78 is 4.97. The summed E-state index contributed by atoms with van der Waals surface area (Å²) in [5, 5.41) is 6.70. The quantitative estimate of drug-likeness (QED) is 0.486. The Kier molecular flexibility index (Phi) is 6.26. The lowest BCUT2D eigenvalue weighted by atomic mass is 10.3. The maximum Gasteiger partial charge on any atom is 0.228 e. The molecule has 1 heterocycles. The second-order valence-corrected chi connectivity index (χ2v) is 3.74. The van der Waals surface area contributed by atoms with Gasteiger partial charge in [-0.25, -0.2) is 0 Å². The fourth-order valence-corrected chi connectivity index (χ4v) is 1.42. The summed E-state index contributed by atoms with van der Waals surface area (Å²) in [6.07, 6.45) is 0.581. The number of hydrogen-bond donors (Lipinski definition) is 2. The molecule has 0 fully saturated rings. The molecule has 2 rings (SSSR count). The molecule has 0 aliphatic carbocycles. The van der Waals surface area contributed by atoms with Crippen molar-refractivity contribution in [1.29, 1.82) is 0 Å². The monoisotopic (exact) mass is 373 g/mol. The molecule has 0 spiro atoms. The highest BCUT2D eigenvalue weighted by atomic mass is 127. The van der Waals surface area contributed by atoms with Crippen molar-refractivity contribution in [2.45, 2.75) is 13.3 Å². The molecule has 0 unspecified atom stereocenters. The van der Waals surface area contributed by atoms with Gasteiger partial charge in [0, 0.05) is 12.1 Å². The van der Waals surface area contributed by atoms with Crippen molar-refractivity contribution in [2.75, 3.05) is 11.9 Å². The average molecular weight is 373 g/mol. The zero-order valence-corrected chi connectivity index (χ0v) is 12.9. The van der Waals surface area contributed by atoms with Crippen LogP contribution in [0.15, 0.2) is 39.8 Å². The summed E-state index contributed by atoms with van der Waals surface area (Å²) >= 11 is 0. The van der Waals surface area contributed by atoms with Gasteiger partial charge in [0.15, 0.2) is 11.8 Å². The van der Waals surface area contributed by atoms with Crippen LogP contribution in [-0.2, 0) is 6.42 Å². The van der Waals surface area contributed by atoms with Gasteiger partial charge in [-0.05, 0) is 19.1 Å². The Morgan fingerprint density at radius 3 is 2.74 bits per heavy atom. The Hall–Kier alpha value is -1.64. The number of halogens is 1. The van der Waals surface area contributed by atoms with Gasteiger partial charge in [0.05, 0.1) is 6.54 Å². The predicted octanol–water partition coefficient (Wildman–Crippen LogP) is 1.97. The number of nitrogens with two attached hydrogens (primary N) is 1. The Bertz CT molecular complexity index is 526. The SMILES string of the molecule is Cc1noc(CCN=C(N)Nc2ccccc2)n1.I. The minimum atomic E-state index is 0. The molecule has 7 heteroatoms. The van der Waals surface area contributed by atoms with Crippen LogP contribution in [0.1, 0.15) is 11.7 Å². The van der Waals surface area contributed by atoms with Crippen molar-refractivity contribution in [3.8, 4) is 0 Å². The van der Waals surface area contributed by atoms with Crippen LogP contribution < -0.4 is 11.1 Å². The van der Waals surface area contributed by atoms with Gasteiger partial charge in [0.1, 0.15) is 0 Å². The Morgan fingerprint density at radius 2 is 2.11 bits per heavy atom. The molecule has 0 atom stereocenters. The molecule has 0 amide bonds. The number of nitrogens with one attached hydrogen (secondary N) is 1. The molecule has 0 saturated heterocycles. The third-order valence-electron chi connectivity index (χ3n) is 2.22. The van der Waals surface area contributed by atoms with Gasteiger partial charge in [-0.1, -0.05) is 23.4 Å². The second-order valence-electron chi connectivity index (χ2n) is 3.74. The van der Waals surface area contributed by atoms with E-state index in [1.165, 1.54) is 0 Å². The van der Waals surface area contributed by atoms with E-state index < -0.39 is 0 Å². The first-order valence-electron chi connectivity index (χ1n) is 5.65. The van der Waals surface area contributed by atoms with Crippen molar-refractivity contribution < 1.29 is 4.52 Å². The number of benzene rings is 1. The van der Waals surface area contributed by atoms with Gasteiger partial charge in [-0.15, -0.1) is 24.0 Å². The van der Waals surface area contributed by atoms with E-state index in [0.717, 1.165) is 5.69 Å². The number of nitrogens with zero attached hydrogens (tertiary/aromatic N) is 3. The molecule has 0 aliphatic heterocycles. The molecule has 1 aromatic carbocycles. The molecule has 0 radical (unpaired) electrons. The van der Waals surface area contributed by atoms with Gasteiger partial charge in [-0.3, -0.25) is 4.99 Å². The maximum atomic E-state index is 5.75. The number of hydrogen-bond acceptors (Lipinski definition) is 4. The van der Waals surface area contributed by atoms with Crippen LogP contribution in [0.5, 0.6) is 0 Å². The van der Waals surface area contributed by atoms with Crippen molar-refractivity contribution in [2.24, 2.45) is 10.7 Å². The number of anilines is 1. The molecular weight excluding hydrogens is 357 g/mol. The molecule has 0 aliphatic rings. The maximum absolute atomic E-state index is 5.75. The van der Waals surface area contributed by atoms with Crippen LogP contribution in [0.3, 0.4) is 0 Å². The average Bonchev–Trinajstić information content (AvgIpc) is 2.76. The fourth-order valence-electron chi connectivity index (χ4n) is 1.42. The summed E-state index contributed by atoms with van der Waals surface area (Å²) in [4.78, 5) is 8.26. The summed E-state index contributed by atoms with van der Waals surface area (Å²) in [5.74, 6) is 1.57. The fraction of sp³-hybridized carbons (Fsp3) is 0.250. The molecule has 19 heavy (non-hydrogen) atoms. The zero-order chi connectivity index (χ0) is 12.8. The van der Waals surface area contributed by atoms with E-state index >= 15 is 0 Å². The van der Waals surface area contributed by atoms with Crippen LogP contribution in [0.4, 0.5) is 5.69 Å². The summed E-state index contributed by atoms with van der Waals surface area (Å²) in [7, 11) is 0. The first-order chi connectivity index (χ1) is 8.74. The number of para-hydroxylation sites is 1. The highest BCUT2D eigenvalue weighted by Gasteiger charge is 2.01. The summed E-state index contributed by atoms with van der Waals surface area (Å²) in [6, 6.07) is 9.64.